The molecule has 6 heteroatoms. The Morgan fingerprint density at radius 1 is 1.11 bits per heavy atom. The van der Waals surface area contributed by atoms with Gasteiger partial charge in [0.15, 0.2) is 14.1 Å². The van der Waals surface area contributed by atoms with Crippen molar-refractivity contribution < 1.29 is 23.4 Å². The number of ether oxygens (including phenoxy) is 3. The number of methoxy groups -OCH3 is 1. The van der Waals surface area contributed by atoms with Crippen LogP contribution < -0.4 is 0 Å². The Morgan fingerprint density at radius 3 is 2.43 bits per heavy atom. The number of benzene rings is 1. The van der Waals surface area contributed by atoms with Crippen LogP contribution in [-0.4, -0.2) is 45.5 Å². The fraction of sp³-hybridized carbons (Fsp3) is 0.645. The topological polar surface area (TPSA) is 54.0 Å². The molecule has 1 heterocycles. The van der Waals surface area contributed by atoms with E-state index in [1.54, 1.807) is 0 Å². The number of esters is 1. The van der Waals surface area contributed by atoms with Crippen LogP contribution in [0.2, 0.25) is 18.1 Å². The van der Waals surface area contributed by atoms with Crippen LogP contribution in [0.15, 0.2) is 54.6 Å². The highest BCUT2D eigenvalue weighted by atomic mass is 28.4. The fourth-order valence-electron chi connectivity index (χ4n) is 4.36. The van der Waals surface area contributed by atoms with Crippen LogP contribution in [0.4, 0.5) is 0 Å². The number of hydrogen-bond acceptors (Lipinski definition) is 5. The Bertz CT molecular complexity index is 869. The highest BCUT2D eigenvalue weighted by Crippen LogP contribution is 2.38. The van der Waals surface area contributed by atoms with E-state index in [4.69, 9.17) is 18.6 Å². The number of hydrogen-bond donors (Lipinski definition) is 0. The molecule has 5 nitrogen and oxygen atoms in total. The van der Waals surface area contributed by atoms with E-state index >= 15 is 0 Å². The third-order valence-electron chi connectivity index (χ3n) is 7.34. The van der Waals surface area contributed by atoms with Crippen LogP contribution in [0.25, 0.3) is 0 Å². The molecule has 1 saturated heterocycles. The molecule has 0 N–H and O–H groups in total. The summed E-state index contributed by atoms with van der Waals surface area (Å²) in [6.45, 7) is 15.3. The second kappa shape index (κ2) is 14.4. The van der Waals surface area contributed by atoms with Gasteiger partial charge in [-0.2, -0.15) is 0 Å². The molecule has 0 amide bonds. The minimum Gasteiger partial charge on any atom is -0.466 e. The quantitative estimate of drug-likeness (QED) is 0.0857. The smallest absolute Gasteiger partial charge is 0.330 e. The summed E-state index contributed by atoms with van der Waals surface area (Å²) in [5.74, 6) is -0.927. The molecule has 0 spiro atoms. The highest BCUT2D eigenvalue weighted by Gasteiger charge is 2.39. The van der Waals surface area contributed by atoms with Gasteiger partial charge in [-0.1, -0.05) is 75.8 Å². The zero-order valence-electron chi connectivity index (χ0n) is 24.4. The van der Waals surface area contributed by atoms with Crippen molar-refractivity contribution in [3.63, 3.8) is 0 Å². The van der Waals surface area contributed by atoms with E-state index in [-0.39, 0.29) is 29.3 Å². The first-order valence-corrected chi connectivity index (χ1v) is 16.7. The number of carbonyl (C=O) groups is 1. The molecule has 2 rings (SSSR count). The van der Waals surface area contributed by atoms with Gasteiger partial charge in [0.25, 0.3) is 0 Å². The molecule has 0 aromatic heterocycles. The van der Waals surface area contributed by atoms with Crippen molar-refractivity contribution in [2.75, 3.05) is 7.11 Å². The Balaban J connectivity index is 1.94. The lowest BCUT2D eigenvalue weighted by Gasteiger charge is -2.41. The molecule has 0 saturated carbocycles. The van der Waals surface area contributed by atoms with Crippen molar-refractivity contribution in [2.45, 2.75) is 122 Å². The maximum atomic E-state index is 11.5. The van der Waals surface area contributed by atoms with Gasteiger partial charge >= 0.3 is 5.97 Å². The summed E-state index contributed by atoms with van der Waals surface area (Å²) < 4.78 is 23.9. The molecule has 37 heavy (non-hydrogen) atoms. The second-order valence-corrected chi connectivity index (χ2v) is 16.8. The van der Waals surface area contributed by atoms with Crippen molar-refractivity contribution in [3.8, 4) is 0 Å². The van der Waals surface area contributed by atoms with Gasteiger partial charge in [-0.3, -0.25) is 0 Å². The molecule has 1 aromatic rings. The van der Waals surface area contributed by atoms with Gasteiger partial charge in [0.05, 0.1) is 25.4 Å². The first-order chi connectivity index (χ1) is 17.3. The zero-order chi connectivity index (χ0) is 27.5. The maximum absolute atomic E-state index is 11.5. The number of carbonyl (C=O) groups excluding carboxylic acids is 1. The lowest BCUT2D eigenvalue weighted by Crippen LogP contribution is -2.44. The van der Waals surface area contributed by atoms with Crippen LogP contribution in [0.3, 0.4) is 0 Å². The Morgan fingerprint density at radius 2 is 1.78 bits per heavy atom. The van der Waals surface area contributed by atoms with Gasteiger partial charge in [0, 0.05) is 12.5 Å². The van der Waals surface area contributed by atoms with E-state index in [9.17, 15) is 4.79 Å². The van der Waals surface area contributed by atoms with Crippen LogP contribution in [0.1, 0.15) is 78.7 Å². The van der Waals surface area contributed by atoms with E-state index in [0.717, 1.165) is 32.1 Å². The van der Waals surface area contributed by atoms with Crippen LogP contribution in [0, 0.1) is 0 Å². The Labute approximate surface area is 226 Å². The van der Waals surface area contributed by atoms with Crippen molar-refractivity contribution in [1.29, 1.82) is 0 Å². The van der Waals surface area contributed by atoms with Gasteiger partial charge in [-0.15, -0.1) is 0 Å². The van der Waals surface area contributed by atoms with Gasteiger partial charge < -0.3 is 18.6 Å². The Hall–Kier alpha value is -1.73. The van der Waals surface area contributed by atoms with Gasteiger partial charge in [-0.25, -0.2) is 4.79 Å². The number of aryl methyl sites for hydroxylation is 1. The van der Waals surface area contributed by atoms with E-state index in [2.05, 4.69) is 76.3 Å². The molecular formula is C31H50O5Si. The van der Waals surface area contributed by atoms with Crippen molar-refractivity contribution in [3.05, 3.63) is 60.2 Å². The molecular weight excluding hydrogens is 480 g/mol. The fourth-order valence-corrected chi connectivity index (χ4v) is 5.64. The normalized spacial score (nSPS) is 21.4. The molecule has 208 valence electrons. The minimum absolute atomic E-state index is 0.0940. The SMILES string of the molecule is COC(=O)/C=C\C[C@H](/C=C/C[C@@H]1C[C@@H](CCCCc2ccccc2)OC(C)(C)O1)O[Si](C)(C)C(C)(C)C. The highest BCUT2D eigenvalue weighted by molar-refractivity contribution is 6.74. The Kier molecular flexibility index (Phi) is 12.3. The molecule has 0 radical (unpaired) electrons. The first-order valence-electron chi connectivity index (χ1n) is 13.8. The third-order valence-corrected chi connectivity index (χ3v) is 11.8. The lowest BCUT2D eigenvalue weighted by atomic mass is 9.99. The van der Waals surface area contributed by atoms with Crippen LogP contribution in [-0.2, 0) is 29.9 Å². The number of rotatable bonds is 13. The first kappa shape index (κ1) is 31.5. The standard InChI is InChI=1S/C31H50O5Si/c1-30(2,3)37(7,8)36-26(21-15-23-29(32)33-6)20-14-22-28-24-27(34-31(4,5)35-28)19-13-12-18-25-16-10-9-11-17-25/h9-11,14-17,20,23,26-28H,12-13,18-19,21-22,24H2,1-8H3/b20-14+,23-15-/t26-,27+,28+/m0/s1. The summed E-state index contributed by atoms with van der Waals surface area (Å²) in [5, 5.41) is 0.104. The third kappa shape index (κ3) is 11.7. The number of unbranched alkanes of at least 4 members (excludes halogenated alkanes) is 1. The maximum Gasteiger partial charge on any atom is 0.330 e. The van der Waals surface area contributed by atoms with E-state index in [0.29, 0.717) is 6.42 Å². The molecule has 1 aliphatic rings. The lowest BCUT2D eigenvalue weighted by molar-refractivity contribution is -0.299. The van der Waals surface area contributed by atoms with Crippen LogP contribution >= 0.6 is 0 Å². The van der Waals surface area contributed by atoms with Crippen molar-refractivity contribution >= 4 is 14.3 Å². The second-order valence-electron chi connectivity index (χ2n) is 12.1. The van der Waals surface area contributed by atoms with Crippen molar-refractivity contribution in [2.24, 2.45) is 0 Å². The van der Waals surface area contributed by atoms with Crippen molar-refractivity contribution in [1.82, 2.24) is 0 Å². The molecule has 3 atom stereocenters. The average molecular weight is 531 g/mol. The average Bonchev–Trinajstić information content (AvgIpc) is 2.80. The van der Waals surface area contributed by atoms with Crippen LogP contribution in [0.5, 0.6) is 0 Å². The zero-order valence-corrected chi connectivity index (χ0v) is 25.4. The molecule has 1 fully saturated rings. The molecule has 0 bridgehead atoms. The summed E-state index contributed by atoms with van der Waals surface area (Å²) in [7, 11) is -0.582. The largest absolute Gasteiger partial charge is 0.466 e. The van der Waals surface area contributed by atoms with E-state index < -0.39 is 14.1 Å². The molecule has 0 unspecified atom stereocenters. The monoisotopic (exact) mass is 530 g/mol. The minimum atomic E-state index is -1.97. The predicted molar refractivity (Wildman–Crippen MR) is 154 cm³/mol. The summed E-state index contributed by atoms with van der Waals surface area (Å²) >= 11 is 0. The molecule has 1 aliphatic heterocycles. The van der Waals surface area contributed by atoms with Gasteiger partial charge in [0.2, 0.25) is 0 Å². The van der Waals surface area contributed by atoms with Gasteiger partial charge in [-0.05, 0) is 69.6 Å². The summed E-state index contributed by atoms with van der Waals surface area (Å²) in [5.41, 5.74) is 1.40. The summed E-state index contributed by atoms with van der Waals surface area (Å²) in [6.07, 6.45) is 14.7. The predicted octanol–water partition coefficient (Wildman–Crippen LogP) is 7.77. The van der Waals surface area contributed by atoms with Gasteiger partial charge in [0.1, 0.15) is 0 Å². The molecule has 1 aromatic carbocycles. The van der Waals surface area contributed by atoms with E-state index in [1.165, 1.54) is 25.2 Å². The summed E-state index contributed by atoms with van der Waals surface area (Å²) in [6, 6.07) is 10.7. The molecule has 0 aliphatic carbocycles. The summed E-state index contributed by atoms with van der Waals surface area (Å²) in [4.78, 5) is 11.5. The van der Waals surface area contributed by atoms with E-state index in [1.807, 2.05) is 19.9 Å².